The van der Waals surface area contributed by atoms with E-state index in [-0.39, 0.29) is 29.9 Å². The Hall–Kier alpha value is -1.32. The van der Waals surface area contributed by atoms with Crippen LogP contribution < -0.4 is 4.90 Å². The van der Waals surface area contributed by atoms with Gasteiger partial charge in [0, 0.05) is 22.9 Å². The number of fused-ring (bicyclic) bond motifs is 1. The normalized spacial score (nSPS) is 10.9. The molecule has 4 nitrogen and oxygen atoms in total. The summed E-state index contributed by atoms with van der Waals surface area (Å²) >= 11 is 4.64. The molecule has 0 aliphatic rings. The molecule has 0 fully saturated rings. The zero-order chi connectivity index (χ0) is 20.1. The van der Waals surface area contributed by atoms with Crippen molar-refractivity contribution in [1.29, 1.82) is 0 Å². The second-order valence-corrected chi connectivity index (χ2v) is 9.36. The third-order valence-corrected chi connectivity index (χ3v) is 6.83. The monoisotopic (exact) mass is 471 g/mol. The molecule has 9 heteroatoms. The van der Waals surface area contributed by atoms with E-state index in [0.717, 1.165) is 26.8 Å². The van der Waals surface area contributed by atoms with Gasteiger partial charge in [0.1, 0.15) is 5.82 Å². The molecule has 1 heterocycles. The number of likely N-dealkylation sites (N-methyl/N-ethyl adjacent to an activating group) is 1. The van der Waals surface area contributed by atoms with Crippen LogP contribution in [-0.4, -0.2) is 55.0 Å². The molecule has 29 heavy (non-hydrogen) atoms. The molecule has 0 bridgehead atoms. The molecule has 0 N–H and O–H groups in total. The first-order valence-electron chi connectivity index (χ1n) is 8.74. The maximum Gasteiger partial charge on any atom is 0.239 e. The van der Waals surface area contributed by atoms with Crippen molar-refractivity contribution in [1.82, 2.24) is 9.88 Å². The standard InChI is InChI=1S/C20H22FN3OS3.ClH/c1-23(2)10-11-24(19(25)13-27-15-6-4-14(21)5-7-15)20-22-17-9-8-16(26-3)12-18(17)28-20;/h4-9,12H,10-11,13H2,1-3H3;1H. The van der Waals surface area contributed by atoms with Gasteiger partial charge in [-0.25, -0.2) is 9.37 Å². The molecule has 1 aromatic heterocycles. The van der Waals surface area contributed by atoms with Crippen LogP contribution in [0.5, 0.6) is 0 Å². The molecule has 2 aromatic carbocycles. The number of rotatable bonds is 8. The number of carbonyl (C=O) groups excluding carboxylic acids is 1. The van der Waals surface area contributed by atoms with E-state index in [1.165, 1.54) is 28.8 Å². The van der Waals surface area contributed by atoms with Gasteiger partial charge in [0.2, 0.25) is 5.91 Å². The van der Waals surface area contributed by atoms with Crippen molar-refractivity contribution in [2.75, 3.05) is 44.1 Å². The Morgan fingerprint density at radius 3 is 2.45 bits per heavy atom. The third-order valence-electron chi connectivity index (χ3n) is 4.06. The van der Waals surface area contributed by atoms with Gasteiger partial charge < -0.3 is 4.90 Å². The topological polar surface area (TPSA) is 36.4 Å². The summed E-state index contributed by atoms with van der Waals surface area (Å²) in [6, 6.07) is 12.4. The minimum absolute atomic E-state index is 0. The molecule has 0 saturated heterocycles. The lowest BCUT2D eigenvalue weighted by Gasteiger charge is -2.21. The van der Waals surface area contributed by atoms with Gasteiger partial charge in [0.05, 0.1) is 16.0 Å². The summed E-state index contributed by atoms with van der Waals surface area (Å²) in [4.78, 5) is 23.5. The summed E-state index contributed by atoms with van der Waals surface area (Å²) in [5, 5.41) is 0.722. The number of hydrogen-bond acceptors (Lipinski definition) is 6. The summed E-state index contributed by atoms with van der Waals surface area (Å²) < 4.78 is 14.1. The Labute approximate surface area is 189 Å². The van der Waals surface area contributed by atoms with E-state index in [9.17, 15) is 9.18 Å². The van der Waals surface area contributed by atoms with E-state index in [1.807, 2.05) is 37.4 Å². The van der Waals surface area contributed by atoms with E-state index in [4.69, 9.17) is 4.98 Å². The van der Waals surface area contributed by atoms with Gasteiger partial charge in [-0.05, 0) is 62.8 Å². The Bertz CT molecular complexity index is 950. The number of nitrogens with zero attached hydrogens (tertiary/aromatic N) is 3. The highest BCUT2D eigenvalue weighted by molar-refractivity contribution is 8.00. The zero-order valence-electron chi connectivity index (χ0n) is 16.4. The number of thioether (sulfide) groups is 2. The van der Waals surface area contributed by atoms with Crippen molar-refractivity contribution in [3.8, 4) is 0 Å². The minimum atomic E-state index is -0.276. The number of thiazole rings is 1. The fraction of sp³-hybridized carbons (Fsp3) is 0.300. The van der Waals surface area contributed by atoms with Gasteiger partial charge >= 0.3 is 0 Å². The molecule has 0 radical (unpaired) electrons. The van der Waals surface area contributed by atoms with Gasteiger partial charge in [0.15, 0.2) is 5.13 Å². The molecular weight excluding hydrogens is 449 g/mol. The van der Waals surface area contributed by atoms with Crippen LogP contribution in [0.4, 0.5) is 9.52 Å². The van der Waals surface area contributed by atoms with E-state index in [2.05, 4.69) is 6.07 Å². The van der Waals surface area contributed by atoms with Crippen molar-refractivity contribution >= 4 is 68.5 Å². The fourth-order valence-corrected chi connectivity index (χ4v) is 4.85. The number of hydrogen-bond donors (Lipinski definition) is 0. The van der Waals surface area contributed by atoms with Gasteiger partial charge in [-0.3, -0.25) is 9.69 Å². The van der Waals surface area contributed by atoms with E-state index >= 15 is 0 Å². The van der Waals surface area contributed by atoms with E-state index < -0.39 is 0 Å². The smallest absolute Gasteiger partial charge is 0.239 e. The molecular formula is C20H23ClFN3OS3. The maximum atomic E-state index is 13.1. The highest BCUT2D eigenvalue weighted by Crippen LogP contribution is 2.32. The SMILES string of the molecule is CSc1ccc2nc(N(CCN(C)C)C(=O)CSc3ccc(F)cc3)sc2c1.Cl. The Kier molecular flexibility index (Phi) is 9.23. The van der Waals surface area contributed by atoms with Gasteiger partial charge in [-0.2, -0.15) is 0 Å². The summed E-state index contributed by atoms with van der Waals surface area (Å²) in [6.45, 7) is 1.32. The van der Waals surface area contributed by atoms with Crippen molar-refractivity contribution < 1.29 is 9.18 Å². The molecule has 0 aliphatic carbocycles. The van der Waals surface area contributed by atoms with Crippen molar-refractivity contribution in [2.45, 2.75) is 9.79 Å². The second kappa shape index (κ2) is 11.2. The molecule has 0 aliphatic heterocycles. The molecule has 156 valence electrons. The van der Waals surface area contributed by atoms with Crippen LogP contribution in [0.3, 0.4) is 0 Å². The Balaban J connectivity index is 0.00000300. The average Bonchev–Trinajstić information content (AvgIpc) is 3.10. The zero-order valence-corrected chi connectivity index (χ0v) is 19.7. The summed E-state index contributed by atoms with van der Waals surface area (Å²) in [7, 11) is 3.97. The van der Waals surface area contributed by atoms with Gasteiger partial charge in [-0.1, -0.05) is 11.3 Å². The van der Waals surface area contributed by atoms with E-state index in [0.29, 0.717) is 6.54 Å². The first-order chi connectivity index (χ1) is 13.5. The van der Waals surface area contributed by atoms with E-state index in [1.54, 1.807) is 40.1 Å². The van der Waals surface area contributed by atoms with Crippen LogP contribution in [0.1, 0.15) is 0 Å². The summed E-state index contributed by atoms with van der Waals surface area (Å²) in [6.07, 6.45) is 2.04. The predicted molar refractivity (Wildman–Crippen MR) is 127 cm³/mol. The Morgan fingerprint density at radius 1 is 1.10 bits per heavy atom. The molecule has 1 amide bonds. The first kappa shape index (κ1) is 24.0. The molecule has 0 unspecified atom stereocenters. The quantitative estimate of drug-likeness (QED) is 0.418. The van der Waals surface area contributed by atoms with Crippen LogP contribution in [0.2, 0.25) is 0 Å². The average molecular weight is 472 g/mol. The number of carbonyl (C=O) groups is 1. The van der Waals surface area contributed by atoms with Gasteiger partial charge in [-0.15, -0.1) is 35.9 Å². The minimum Gasteiger partial charge on any atom is -0.308 e. The Morgan fingerprint density at radius 2 is 1.79 bits per heavy atom. The van der Waals surface area contributed by atoms with Crippen molar-refractivity contribution in [2.24, 2.45) is 0 Å². The van der Waals surface area contributed by atoms with Crippen LogP contribution in [0, 0.1) is 5.82 Å². The van der Waals surface area contributed by atoms with Crippen molar-refractivity contribution in [3.05, 3.63) is 48.3 Å². The number of anilines is 1. The molecule has 0 atom stereocenters. The highest BCUT2D eigenvalue weighted by atomic mass is 35.5. The fourth-order valence-electron chi connectivity index (χ4n) is 2.52. The number of benzene rings is 2. The lowest BCUT2D eigenvalue weighted by Crippen LogP contribution is -2.37. The molecule has 0 saturated carbocycles. The van der Waals surface area contributed by atoms with Crippen LogP contribution >= 0.6 is 47.3 Å². The van der Waals surface area contributed by atoms with Crippen LogP contribution in [0.15, 0.2) is 52.3 Å². The van der Waals surface area contributed by atoms with Crippen molar-refractivity contribution in [3.63, 3.8) is 0 Å². The van der Waals surface area contributed by atoms with Crippen LogP contribution in [-0.2, 0) is 4.79 Å². The highest BCUT2D eigenvalue weighted by Gasteiger charge is 2.20. The first-order valence-corrected chi connectivity index (χ1v) is 11.8. The number of amides is 1. The van der Waals surface area contributed by atoms with Gasteiger partial charge in [0.25, 0.3) is 0 Å². The molecule has 0 spiro atoms. The summed E-state index contributed by atoms with van der Waals surface area (Å²) in [5.41, 5.74) is 0.909. The number of halogens is 2. The largest absolute Gasteiger partial charge is 0.308 e. The predicted octanol–water partition coefficient (Wildman–Crippen LogP) is 5.27. The third kappa shape index (κ3) is 6.58. The lowest BCUT2D eigenvalue weighted by atomic mass is 10.3. The van der Waals surface area contributed by atoms with Crippen LogP contribution in [0.25, 0.3) is 10.2 Å². The summed E-state index contributed by atoms with van der Waals surface area (Å²) in [5.74, 6) is 0.00750. The molecule has 3 aromatic rings. The second-order valence-electron chi connectivity index (χ2n) is 6.42. The molecule has 3 rings (SSSR count). The lowest BCUT2D eigenvalue weighted by molar-refractivity contribution is -0.116. The maximum absolute atomic E-state index is 13.1. The number of aromatic nitrogens is 1.